The van der Waals surface area contributed by atoms with Crippen molar-refractivity contribution in [1.82, 2.24) is 20.6 Å². The van der Waals surface area contributed by atoms with E-state index >= 15 is 0 Å². The Morgan fingerprint density at radius 1 is 0.833 bits per heavy atom. The van der Waals surface area contributed by atoms with E-state index in [4.69, 9.17) is 0 Å². The van der Waals surface area contributed by atoms with Crippen molar-refractivity contribution in [3.63, 3.8) is 0 Å². The second kappa shape index (κ2) is 7.87. The third-order valence-electron chi connectivity index (χ3n) is 3.52. The highest BCUT2D eigenvalue weighted by molar-refractivity contribution is 5.73. The van der Waals surface area contributed by atoms with Crippen molar-refractivity contribution in [1.29, 1.82) is 0 Å². The Balaban J connectivity index is 1.54. The van der Waals surface area contributed by atoms with Crippen LogP contribution < -0.4 is 10.6 Å². The van der Waals surface area contributed by atoms with Crippen molar-refractivity contribution in [3.8, 4) is 11.3 Å². The van der Waals surface area contributed by atoms with Crippen molar-refractivity contribution in [2.24, 2.45) is 0 Å². The Hall–Kier alpha value is -3.21. The van der Waals surface area contributed by atoms with Gasteiger partial charge in [0.15, 0.2) is 0 Å². The van der Waals surface area contributed by atoms with E-state index in [1.54, 1.807) is 0 Å². The summed E-state index contributed by atoms with van der Waals surface area (Å²) in [6.45, 7) is 0.842. The lowest BCUT2D eigenvalue weighted by molar-refractivity contribution is 0.240. The molecule has 5 nitrogen and oxygen atoms in total. The van der Waals surface area contributed by atoms with E-state index in [2.05, 4.69) is 20.6 Å². The molecule has 0 spiro atoms. The third-order valence-corrected chi connectivity index (χ3v) is 3.52. The van der Waals surface area contributed by atoms with E-state index in [9.17, 15) is 4.79 Å². The molecule has 0 fully saturated rings. The minimum absolute atomic E-state index is 0.223. The molecule has 2 N–H and O–H groups in total. The lowest BCUT2D eigenvalue weighted by Gasteiger charge is -2.08. The molecule has 0 radical (unpaired) electrons. The molecule has 3 aromatic rings. The summed E-state index contributed by atoms with van der Waals surface area (Å²) in [5.74, 6) is 0. The van der Waals surface area contributed by atoms with Gasteiger partial charge in [0.05, 0.1) is 17.9 Å². The van der Waals surface area contributed by atoms with Gasteiger partial charge in [0, 0.05) is 12.1 Å². The zero-order valence-electron chi connectivity index (χ0n) is 13.1. The summed E-state index contributed by atoms with van der Waals surface area (Å²) in [5, 5.41) is 5.63. The standard InChI is InChI=1S/C19H18N4O/c24-19(20-12-15-7-3-1-4-8-15)21-13-17-11-18(23-14-22-17)16-9-5-2-6-10-16/h1-11,14H,12-13H2,(H2,20,21,24). The average molecular weight is 318 g/mol. The van der Waals surface area contributed by atoms with E-state index < -0.39 is 0 Å². The Labute approximate surface area is 140 Å². The summed E-state index contributed by atoms with van der Waals surface area (Å²) < 4.78 is 0. The molecule has 1 aromatic heterocycles. The summed E-state index contributed by atoms with van der Waals surface area (Å²) in [5.41, 5.74) is 3.68. The van der Waals surface area contributed by atoms with Crippen LogP contribution in [0.15, 0.2) is 73.1 Å². The fourth-order valence-corrected chi connectivity index (χ4v) is 2.27. The van der Waals surface area contributed by atoms with E-state index in [1.165, 1.54) is 6.33 Å². The van der Waals surface area contributed by atoms with Gasteiger partial charge in [-0.3, -0.25) is 0 Å². The smallest absolute Gasteiger partial charge is 0.315 e. The topological polar surface area (TPSA) is 66.9 Å². The number of carbonyl (C=O) groups excluding carboxylic acids is 1. The molecule has 5 heteroatoms. The number of hydrogen-bond donors (Lipinski definition) is 2. The number of benzene rings is 2. The zero-order valence-corrected chi connectivity index (χ0v) is 13.1. The van der Waals surface area contributed by atoms with Gasteiger partial charge in [-0.1, -0.05) is 60.7 Å². The maximum absolute atomic E-state index is 11.9. The number of carbonyl (C=O) groups is 1. The van der Waals surface area contributed by atoms with Crippen molar-refractivity contribution in [3.05, 3.63) is 84.3 Å². The van der Waals surface area contributed by atoms with Gasteiger partial charge in [-0.05, 0) is 11.6 Å². The molecular weight excluding hydrogens is 300 g/mol. The average Bonchev–Trinajstić information content (AvgIpc) is 2.66. The molecule has 0 unspecified atom stereocenters. The molecule has 0 bridgehead atoms. The number of amides is 2. The molecule has 0 saturated carbocycles. The molecule has 1 heterocycles. The third kappa shape index (κ3) is 4.39. The second-order valence-electron chi connectivity index (χ2n) is 5.28. The van der Waals surface area contributed by atoms with Crippen molar-refractivity contribution < 1.29 is 4.79 Å². The minimum atomic E-state index is -0.223. The van der Waals surface area contributed by atoms with Crippen LogP contribution >= 0.6 is 0 Å². The fraction of sp³-hybridized carbons (Fsp3) is 0.105. The van der Waals surface area contributed by atoms with E-state index in [1.807, 2.05) is 66.7 Å². The first kappa shape index (κ1) is 15.7. The highest BCUT2D eigenvalue weighted by atomic mass is 16.2. The second-order valence-corrected chi connectivity index (χ2v) is 5.28. The number of hydrogen-bond acceptors (Lipinski definition) is 3. The van der Waals surface area contributed by atoms with Crippen molar-refractivity contribution >= 4 is 6.03 Å². The summed E-state index contributed by atoms with van der Waals surface area (Å²) in [4.78, 5) is 20.4. The SMILES string of the molecule is O=C(NCc1ccccc1)NCc1cc(-c2ccccc2)ncn1. The number of aromatic nitrogens is 2. The molecule has 0 aliphatic heterocycles. The molecule has 2 aromatic carbocycles. The van der Waals surface area contributed by atoms with E-state index in [0.717, 1.165) is 22.5 Å². The van der Waals surface area contributed by atoms with Crippen LogP contribution in [0.1, 0.15) is 11.3 Å². The van der Waals surface area contributed by atoms with Crippen LogP contribution in [0.5, 0.6) is 0 Å². The lowest BCUT2D eigenvalue weighted by atomic mass is 10.1. The number of nitrogens with zero attached hydrogens (tertiary/aromatic N) is 2. The van der Waals surface area contributed by atoms with E-state index in [-0.39, 0.29) is 6.03 Å². The number of rotatable bonds is 5. The van der Waals surface area contributed by atoms with Gasteiger partial charge in [0.25, 0.3) is 0 Å². The van der Waals surface area contributed by atoms with Gasteiger partial charge in [-0.25, -0.2) is 14.8 Å². The van der Waals surface area contributed by atoms with Crippen LogP contribution in [0.25, 0.3) is 11.3 Å². The molecule has 0 atom stereocenters. The van der Waals surface area contributed by atoms with Crippen LogP contribution in [-0.2, 0) is 13.1 Å². The molecule has 120 valence electrons. The molecule has 0 aliphatic rings. The highest BCUT2D eigenvalue weighted by Gasteiger charge is 2.04. The van der Waals surface area contributed by atoms with Gasteiger partial charge < -0.3 is 10.6 Å². The lowest BCUT2D eigenvalue weighted by Crippen LogP contribution is -2.34. The molecule has 0 saturated heterocycles. The Bertz CT molecular complexity index is 791. The van der Waals surface area contributed by atoms with Gasteiger partial charge >= 0.3 is 6.03 Å². The number of nitrogens with one attached hydrogen (secondary N) is 2. The molecule has 2 amide bonds. The summed E-state index contributed by atoms with van der Waals surface area (Å²) in [7, 11) is 0. The maximum atomic E-state index is 11.9. The normalized spacial score (nSPS) is 10.2. The van der Waals surface area contributed by atoms with Crippen molar-refractivity contribution in [2.45, 2.75) is 13.1 Å². The Morgan fingerprint density at radius 2 is 1.50 bits per heavy atom. The quantitative estimate of drug-likeness (QED) is 0.759. The van der Waals surface area contributed by atoms with Gasteiger partial charge in [-0.2, -0.15) is 0 Å². The van der Waals surface area contributed by atoms with Crippen LogP contribution in [0.3, 0.4) is 0 Å². The zero-order chi connectivity index (χ0) is 16.6. The minimum Gasteiger partial charge on any atom is -0.334 e. The largest absolute Gasteiger partial charge is 0.334 e. The molecule has 24 heavy (non-hydrogen) atoms. The van der Waals surface area contributed by atoms with Gasteiger partial charge in [-0.15, -0.1) is 0 Å². The molecular formula is C19H18N4O. The first-order valence-corrected chi connectivity index (χ1v) is 7.73. The summed E-state index contributed by atoms with van der Waals surface area (Å²) in [6, 6.07) is 21.3. The summed E-state index contributed by atoms with van der Waals surface area (Å²) in [6.07, 6.45) is 1.52. The van der Waals surface area contributed by atoms with Crippen LogP contribution in [0, 0.1) is 0 Å². The highest BCUT2D eigenvalue weighted by Crippen LogP contribution is 2.15. The monoisotopic (exact) mass is 318 g/mol. The van der Waals surface area contributed by atoms with Gasteiger partial charge in [0.1, 0.15) is 6.33 Å². The van der Waals surface area contributed by atoms with Crippen LogP contribution in [0.2, 0.25) is 0 Å². The Kier molecular flexibility index (Phi) is 5.14. The number of urea groups is 1. The van der Waals surface area contributed by atoms with Crippen LogP contribution in [-0.4, -0.2) is 16.0 Å². The fourth-order valence-electron chi connectivity index (χ4n) is 2.27. The first-order chi connectivity index (χ1) is 11.8. The predicted octanol–water partition coefficient (Wildman–Crippen LogP) is 3.14. The molecule has 0 aliphatic carbocycles. The predicted molar refractivity (Wildman–Crippen MR) is 93.0 cm³/mol. The maximum Gasteiger partial charge on any atom is 0.315 e. The Morgan fingerprint density at radius 3 is 2.25 bits per heavy atom. The van der Waals surface area contributed by atoms with Gasteiger partial charge in [0.2, 0.25) is 0 Å². The van der Waals surface area contributed by atoms with Crippen molar-refractivity contribution in [2.75, 3.05) is 0 Å². The van der Waals surface area contributed by atoms with Crippen LogP contribution in [0.4, 0.5) is 4.79 Å². The molecule has 3 rings (SSSR count). The first-order valence-electron chi connectivity index (χ1n) is 7.73. The summed E-state index contributed by atoms with van der Waals surface area (Å²) >= 11 is 0. The van der Waals surface area contributed by atoms with E-state index in [0.29, 0.717) is 13.1 Å².